The molecule has 4 rings (SSSR count). The van der Waals surface area contributed by atoms with Gasteiger partial charge < -0.3 is 15.4 Å². The molecule has 0 spiro atoms. The third-order valence-electron chi connectivity index (χ3n) is 5.13. The van der Waals surface area contributed by atoms with Crippen LogP contribution in [-0.2, 0) is 4.79 Å². The highest BCUT2D eigenvalue weighted by Gasteiger charge is 2.21. The Bertz CT molecular complexity index is 1310. The molecular formula is C24H27BrN6O2. The molecule has 0 aliphatic carbocycles. The zero-order valence-electron chi connectivity index (χ0n) is 19.3. The number of hydrogen-bond donors (Lipinski definition) is 2. The number of benzene rings is 2. The van der Waals surface area contributed by atoms with Gasteiger partial charge in [-0.05, 0) is 64.7 Å². The Morgan fingerprint density at radius 1 is 1.15 bits per heavy atom. The summed E-state index contributed by atoms with van der Waals surface area (Å²) in [5, 5.41) is 11.8. The highest BCUT2D eigenvalue weighted by Crippen LogP contribution is 2.29. The topological polar surface area (TPSA) is 93.4 Å². The van der Waals surface area contributed by atoms with Gasteiger partial charge in [-0.1, -0.05) is 26.8 Å². The maximum Gasteiger partial charge on any atom is 0.242 e. The summed E-state index contributed by atoms with van der Waals surface area (Å²) >= 11 is 3.59. The van der Waals surface area contributed by atoms with E-state index < -0.39 is 6.04 Å². The molecule has 0 aliphatic heterocycles. The van der Waals surface area contributed by atoms with Crippen LogP contribution in [0.5, 0.6) is 5.75 Å². The van der Waals surface area contributed by atoms with E-state index in [0.717, 1.165) is 26.7 Å². The molecular weight excluding hydrogens is 484 g/mol. The second-order valence-electron chi connectivity index (χ2n) is 9.12. The Morgan fingerprint density at radius 3 is 2.55 bits per heavy atom. The Balaban J connectivity index is 1.76. The van der Waals surface area contributed by atoms with Crippen molar-refractivity contribution in [3.8, 4) is 17.1 Å². The van der Waals surface area contributed by atoms with Crippen molar-refractivity contribution >= 4 is 44.3 Å². The van der Waals surface area contributed by atoms with Crippen molar-refractivity contribution < 1.29 is 9.53 Å². The number of methoxy groups -OCH3 is 1. The fourth-order valence-corrected chi connectivity index (χ4v) is 3.77. The molecule has 2 aromatic heterocycles. The average Bonchev–Trinajstić information content (AvgIpc) is 3.24. The zero-order chi connectivity index (χ0) is 23.8. The minimum Gasteiger partial charge on any atom is -0.497 e. The van der Waals surface area contributed by atoms with Crippen molar-refractivity contribution in [3.05, 3.63) is 46.9 Å². The maximum atomic E-state index is 12.7. The van der Waals surface area contributed by atoms with Gasteiger partial charge in [0.1, 0.15) is 11.8 Å². The molecule has 0 unspecified atom stereocenters. The number of anilines is 1. The third kappa shape index (κ3) is 4.93. The summed E-state index contributed by atoms with van der Waals surface area (Å²) in [7, 11) is 1.63. The van der Waals surface area contributed by atoms with Gasteiger partial charge in [0.05, 0.1) is 12.6 Å². The smallest absolute Gasteiger partial charge is 0.242 e. The molecule has 1 amide bonds. The number of halogens is 1. The molecule has 0 aliphatic rings. The number of fused-ring (bicyclic) bond motifs is 3. The second kappa shape index (κ2) is 8.97. The van der Waals surface area contributed by atoms with E-state index in [1.54, 1.807) is 18.5 Å². The van der Waals surface area contributed by atoms with E-state index in [4.69, 9.17) is 19.8 Å². The lowest BCUT2D eigenvalue weighted by Crippen LogP contribution is -2.41. The van der Waals surface area contributed by atoms with E-state index in [2.05, 4.69) is 47.3 Å². The molecule has 2 heterocycles. The van der Waals surface area contributed by atoms with Crippen molar-refractivity contribution in [1.29, 1.82) is 0 Å². The number of para-hydroxylation sites is 1. The minimum atomic E-state index is -0.517. The number of rotatable bonds is 6. The Labute approximate surface area is 200 Å². The largest absolute Gasteiger partial charge is 0.497 e. The predicted octanol–water partition coefficient (Wildman–Crippen LogP) is 4.68. The van der Waals surface area contributed by atoms with E-state index in [1.807, 2.05) is 42.5 Å². The van der Waals surface area contributed by atoms with Gasteiger partial charge >= 0.3 is 0 Å². The van der Waals surface area contributed by atoms with Gasteiger partial charge in [0, 0.05) is 22.0 Å². The Kier molecular flexibility index (Phi) is 6.25. The molecule has 172 valence electrons. The lowest BCUT2D eigenvalue weighted by molar-refractivity contribution is -0.121. The molecule has 0 fully saturated rings. The van der Waals surface area contributed by atoms with Gasteiger partial charge in [0.25, 0.3) is 0 Å². The van der Waals surface area contributed by atoms with Crippen LogP contribution in [0.2, 0.25) is 0 Å². The summed E-state index contributed by atoms with van der Waals surface area (Å²) in [6.07, 6.45) is 0. The fourth-order valence-electron chi connectivity index (χ4n) is 3.32. The van der Waals surface area contributed by atoms with Crippen LogP contribution >= 0.6 is 15.9 Å². The molecule has 1 atom stereocenters. The van der Waals surface area contributed by atoms with Crippen molar-refractivity contribution in [2.45, 2.75) is 33.7 Å². The monoisotopic (exact) mass is 510 g/mol. The van der Waals surface area contributed by atoms with Crippen LogP contribution in [0.15, 0.2) is 46.9 Å². The summed E-state index contributed by atoms with van der Waals surface area (Å²) in [4.78, 5) is 22.2. The minimum absolute atomic E-state index is 0.00607. The van der Waals surface area contributed by atoms with E-state index >= 15 is 0 Å². The summed E-state index contributed by atoms with van der Waals surface area (Å²) in [6, 6.07) is 12.9. The Hall–Kier alpha value is -3.20. The van der Waals surface area contributed by atoms with E-state index in [-0.39, 0.29) is 11.3 Å². The van der Waals surface area contributed by atoms with Crippen molar-refractivity contribution in [2.75, 3.05) is 19.0 Å². The van der Waals surface area contributed by atoms with Gasteiger partial charge in [-0.25, -0.2) is 9.97 Å². The number of ether oxygens (including phenoxy) is 1. The number of carbonyl (C=O) groups is 1. The zero-order valence-corrected chi connectivity index (χ0v) is 20.9. The third-order valence-corrected chi connectivity index (χ3v) is 5.77. The first-order valence-electron chi connectivity index (χ1n) is 10.7. The maximum absolute atomic E-state index is 12.7. The number of amides is 1. The molecule has 0 bridgehead atoms. The number of hydrogen-bond acceptors (Lipinski definition) is 6. The molecule has 9 heteroatoms. The van der Waals surface area contributed by atoms with Gasteiger partial charge in [-0.15, -0.1) is 5.10 Å². The molecule has 33 heavy (non-hydrogen) atoms. The molecule has 4 aromatic rings. The van der Waals surface area contributed by atoms with Gasteiger partial charge in [-0.3, -0.25) is 4.79 Å². The summed E-state index contributed by atoms with van der Waals surface area (Å²) < 4.78 is 7.74. The summed E-state index contributed by atoms with van der Waals surface area (Å²) in [5.41, 5.74) is 2.23. The van der Waals surface area contributed by atoms with Crippen LogP contribution in [0.25, 0.3) is 27.9 Å². The van der Waals surface area contributed by atoms with Gasteiger partial charge in [0.2, 0.25) is 11.9 Å². The number of nitrogens with one attached hydrogen (secondary N) is 2. The van der Waals surface area contributed by atoms with E-state index in [1.165, 1.54) is 0 Å². The van der Waals surface area contributed by atoms with Crippen molar-refractivity contribution in [2.24, 2.45) is 5.41 Å². The SMILES string of the molecule is COc1ccc(-c2nc3c4cccc(Br)c4nc(N[C@H](C)C(=O)NCC(C)(C)C)n3n2)cc1. The van der Waals surface area contributed by atoms with E-state index in [0.29, 0.717) is 24.0 Å². The molecule has 0 radical (unpaired) electrons. The lowest BCUT2D eigenvalue weighted by atomic mass is 9.97. The van der Waals surface area contributed by atoms with Crippen LogP contribution in [0.1, 0.15) is 27.7 Å². The Morgan fingerprint density at radius 2 is 1.88 bits per heavy atom. The van der Waals surface area contributed by atoms with Crippen molar-refractivity contribution in [1.82, 2.24) is 24.9 Å². The highest BCUT2D eigenvalue weighted by molar-refractivity contribution is 9.10. The van der Waals surface area contributed by atoms with Crippen LogP contribution < -0.4 is 15.4 Å². The average molecular weight is 511 g/mol. The van der Waals surface area contributed by atoms with Crippen molar-refractivity contribution in [3.63, 3.8) is 0 Å². The standard InChI is InChI=1S/C24H27BrN6O2/c1-14(22(32)26-13-24(2,3)4)27-23-28-19-17(7-6-8-18(19)25)21-29-20(30-31(21)23)15-9-11-16(33-5)12-10-15/h6-12,14H,13H2,1-5H3,(H,26,32)(H,27,28)/t14-/m1/s1. The van der Waals surface area contributed by atoms with Gasteiger partial charge in [-0.2, -0.15) is 4.52 Å². The highest BCUT2D eigenvalue weighted by atomic mass is 79.9. The van der Waals surface area contributed by atoms with Crippen LogP contribution in [0.4, 0.5) is 5.95 Å². The molecule has 8 nitrogen and oxygen atoms in total. The quantitative estimate of drug-likeness (QED) is 0.391. The number of nitrogens with zero attached hydrogens (tertiary/aromatic N) is 4. The summed E-state index contributed by atoms with van der Waals surface area (Å²) in [6.45, 7) is 8.61. The first kappa shape index (κ1) is 23.0. The van der Waals surface area contributed by atoms with Crippen LogP contribution in [-0.4, -0.2) is 45.2 Å². The molecule has 2 aromatic carbocycles. The van der Waals surface area contributed by atoms with Crippen LogP contribution in [0.3, 0.4) is 0 Å². The predicted molar refractivity (Wildman–Crippen MR) is 134 cm³/mol. The second-order valence-corrected chi connectivity index (χ2v) is 9.97. The first-order valence-corrected chi connectivity index (χ1v) is 11.5. The lowest BCUT2D eigenvalue weighted by Gasteiger charge is -2.21. The fraction of sp³-hybridized carbons (Fsp3) is 0.333. The molecule has 2 N–H and O–H groups in total. The van der Waals surface area contributed by atoms with Gasteiger partial charge in [0.15, 0.2) is 11.5 Å². The summed E-state index contributed by atoms with van der Waals surface area (Å²) in [5.74, 6) is 1.65. The molecule has 0 saturated carbocycles. The van der Waals surface area contributed by atoms with Crippen LogP contribution in [0, 0.1) is 5.41 Å². The van der Waals surface area contributed by atoms with E-state index in [9.17, 15) is 4.79 Å². The normalized spacial score (nSPS) is 12.7. The first-order chi connectivity index (χ1) is 15.7. The molecule has 0 saturated heterocycles. The number of carbonyl (C=O) groups excluding carboxylic acids is 1. The number of aromatic nitrogens is 4.